The predicted molar refractivity (Wildman–Crippen MR) is 71.4 cm³/mol. The van der Waals surface area contributed by atoms with E-state index in [1.54, 1.807) is 0 Å². The number of aromatic nitrogens is 1. The molecule has 1 aliphatic rings. The van der Waals surface area contributed by atoms with Gasteiger partial charge in [0.2, 0.25) is 0 Å². The zero-order chi connectivity index (χ0) is 11.3. The average Bonchev–Trinajstić information content (AvgIpc) is 3.02. The Morgan fingerprint density at radius 1 is 1.31 bits per heavy atom. The summed E-state index contributed by atoms with van der Waals surface area (Å²) in [6, 6.07) is 4.81. The fourth-order valence-corrected chi connectivity index (χ4v) is 2.78. The van der Waals surface area contributed by atoms with Gasteiger partial charge >= 0.3 is 0 Å². The Bertz CT molecular complexity index is 581. The Morgan fingerprint density at radius 3 is 2.75 bits per heavy atom. The molecule has 16 heavy (non-hydrogen) atoms. The van der Waals surface area contributed by atoms with Crippen LogP contribution in [0, 0.1) is 9.39 Å². The van der Waals surface area contributed by atoms with E-state index in [9.17, 15) is 4.39 Å². The number of rotatable bonds is 1. The van der Waals surface area contributed by atoms with Crippen LogP contribution in [0.2, 0.25) is 5.02 Å². The monoisotopic (exact) mass is 347 g/mol. The fraction of sp³-hybridized carbons (Fsp3) is 0.250. The summed E-state index contributed by atoms with van der Waals surface area (Å²) >= 11 is 8.27. The molecule has 1 aliphatic carbocycles. The van der Waals surface area contributed by atoms with Gasteiger partial charge in [-0.3, -0.25) is 4.98 Å². The summed E-state index contributed by atoms with van der Waals surface area (Å²) in [5, 5.41) is 1.31. The third-order valence-corrected chi connectivity index (χ3v) is 3.93. The van der Waals surface area contributed by atoms with Gasteiger partial charge < -0.3 is 0 Å². The van der Waals surface area contributed by atoms with Gasteiger partial charge in [-0.1, -0.05) is 11.6 Å². The number of nitrogens with zero attached hydrogens (tertiary/aromatic N) is 1. The summed E-state index contributed by atoms with van der Waals surface area (Å²) in [6.07, 6.45) is 2.37. The van der Waals surface area contributed by atoms with Crippen LogP contribution in [0.15, 0.2) is 18.2 Å². The van der Waals surface area contributed by atoms with Gasteiger partial charge in [0.1, 0.15) is 5.82 Å². The molecule has 82 valence electrons. The highest BCUT2D eigenvalue weighted by Gasteiger charge is 2.26. The van der Waals surface area contributed by atoms with Crippen LogP contribution in [-0.4, -0.2) is 4.98 Å². The van der Waals surface area contributed by atoms with Gasteiger partial charge in [-0.15, -0.1) is 0 Å². The Hall–Kier alpha value is -0.420. The van der Waals surface area contributed by atoms with Crippen LogP contribution in [0.4, 0.5) is 4.39 Å². The van der Waals surface area contributed by atoms with E-state index < -0.39 is 0 Å². The molecule has 3 rings (SSSR count). The SMILES string of the molecule is Fc1cc(I)c2nc(C3CC3)cc(Cl)c2c1. The highest BCUT2D eigenvalue weighted by atomic mass is 127. The first kappa shape index (κ1) is 10.7. The largest absolute Gasteiger partial charge is 0.251 e. The first-order valence-electron chi connectivity index (χ1n) is 5.10. The summed E-state index contributed by atoms with van der Waals surface area (Å²) in [4.78, 5) is 4.58. The normalized spacial score (nSPS) is 15.7. The first-order chi connectivity index (χ1) is 7.65. The molecule has 4 heteroatoms. The molecule has 0 N–H and O–H groups in total. The van der Waals surface area contributed by atoms with Gasteiger partial charge in [0.15, 0.2) is 0 Å². The van der Waals surface area contributed by atoms with E-state index >= 15 is 0 Å². The minimum Gasteiger partial charge on any atom is -0.251 e. The lowest BCUT2D eigenvalue weighted by Crippen LogP contribution is -1.92. The number of fused-ring (bicyclic) bond motifs is 1. The molecule has 0 atom stereocenters. The van der Waals surface area contributed by atoms with E-state index in [4.69, 9.17) is 11.6 Å². The molecule has 0 spiro atoms. The molecule has 1 aromatic carbocycles. The number of hydrogen-bond donors (Lipinski definition) is 0. The Labute approximate surface area is 111 Å². The topological polar surface area (TPSA) is 12.9 Å². The van der Waals surface area contributed by atoms with E-state index in [0.717, 1.165) is 14.8 Å². The van der Waals surface area contributed by atoms with E-state index in [-0.39, 0.29) is 5.82 Å². The lowest BCUT2D eigenvalue weighted by molar-refractivity contribution is 0.628. The average molecular weight is 348 g/mol. The third kappa shape index (κ3) is 1.80. The van der Waals surface area contributed by atoms with Crippen molar-refractivity contribution in [2.75, 3.05) is 0 Å². The van der Waals surface area contributed by atoms with Crippen LogP contribution < -0.4 is 0 Å². The van der Waals surface area contributed by atoms with Crippen molar-refractivity contribution in [3.8, 4) is 0 Å². The minimum absolute atomic E-state index is 0.264. The molecule has 0 unspecified atom stereocenters. The van der Waals surface area contributed by atoms with Crippen LogP contribution >= 0.6 is 34.2 Å². The molecular formula is C12H8ClFIN. The van der Waals surface area contributed by atoms with E-state index in [2.05, 4.69) is 27.6 Å². The van der Waals surface area contributed by atoms with E-state index in [1.807, 2.05) is 6.07 Å². The van der Waals surface area contributed by atoms with Crippen LogP contribution in [0.1, 0.15) is 24.5 Å². The first-order valence-corrected chi connectivity index (χ1v) is 6.56. The second-order valence-electron chi connectivity index (χ2n) is 4.09. The molecule has 1 nitrogen and oxygen atoms in total. The molecule has 0 bridgehead atoms. The lowest BCUT2D eigenvalue weighted by atomic mass is 10.1. The number of hydrogen-bond acceptors (Lipinski definition) is 1. The van der Waals surface area contributed by atoms with Crippen LogP contribution in [0.3, 0.4) is 0 Å². The molecule has 2 aromatic rings. The number of halogens is 3. The Morgan fingerprint density at radius 2 is 2.06 bits per heavy atom. The lowest BCUT2D eigenvalue weighted by Gasteiger charge is -2.06. The van der Waals surface area contributed by atoms with Gasteiger partial charge in [-0.05, 0) is 53.6 Å². The summed E-state index contributed by atoms with van der Waals surface area (Å²) in [5.41, 5.74) is 1.86. The van der Waals surface area contributed by atoms with E-state index in [1.165, 1.54) is 25.0 Å². The van der Waals surface area contributed by atoms with Crippen molar-refractivity contribution in [3.05, 3.63) is 38.3 Å². The quantitative estimate of drug-likeness (QED) is 0.692. The molecular weight excluding hydrogens is 339 g/mol. The van der Waals surface area contributed by atoms with Crippen LogP contribution in [-0.2, 0) is 0 Å². The second-order valence-corrected chi connectivity index (χ2v) is 5.66. The van der Waals surface area contributed by atoms with Crippen molar-refractivity contribution in [2.24, 2.45) is 0 Å². The molecule has 1 aromatic heterocycles. The van der Waals surface area contributed by atoms with Crippen molar-refractivity contribution in [1.82, 2.24) is 4.98 Å². The van der Waals surface area contributed by atoms with Crippen molar-refractivity contribution in [1.29, 1.82) is 0 Å². The molecule has 0 aliphatic heterocycles. The fourth-order valence-electron chi connectivity index (χ4n) is 1.82. The molecule has 1 heterocycles. The summed E-state index contributed by atoms with van der Waals surface area (Å²) in [5.74, 6) is 0.294. The maximum absolute atomic E-state index is 13.3. The summed E-state index contributed by atoms with van der Waals surface area (Å²) < 4.78 is 14.1. The zero-order valence-electron chi connectivity index (χ0n) is 8.30. The zero-order valence-corrected chi connectivity index (χ0v) is 11.2. The van der Waals surface area contributed by atoms with Crippen molar-refractivity contribution in [2.45, 2.75) is 18.8 Å². The van der Waals surface area contributed by atoms with E-state index in [0.29, 0.717) is 16.3 Å². The van der Waals surface area contributed by atoms with Crippen molar-refractivity contribution in [3.63, 3.8) is 0 Å². The molecule has 0 saturated heterocycles. The minimum atomic E-state index is -0.264. The number of benzene rings is 1. The molecule has 0 radical (unpaired) electrons. The third-order valence-electron chi connectivity index (χ3n) is 2.80. The van der Waals surface area contributed by atoms with Gasteiger partial charge in [0, 0.05) is 20.6 Å². The molecule has 0 amide bonds. The smallest absolute Gasteiger partial charge is 0.125 e. The van der Waals surface area contributed by atoms with Gasteiger partial charge in [0.25, 0.3) is 0 Å². The maximum Gasteiger partial charge on any atom is 0.125 e. The standard InChI is InChI=1S/C12H8ClFIN/c13-9-5-11(6-1-2-6)16-12-8(9)3-7(14)4-10(12)15/h3-6H,1-2H2. The highest BCUT2D eigenvalue weighted by Crippen LogP contribution is 2.41. The van der Waals surface area contributed by atoms with Crippen LogP contribution in [0.25, 0.3) is 10.9 Å². The molecule has 1 saturated carbocycles. The predicted octanol–water partition coefficient (Wildman–Crippen LogP) is 4.51. The Balaban J connectivity index is 2.32. The summed E-state index contributed by atoms with van der Waals surface area (Å²) in [7, 11) is 0. The maximum atomic E-state index is 13.3. The molecule has 1 fully saturated rings. The number of pyridine rings is 1. The van der Waals surface area contributed by atoms with Crippen molar-refractivity contribution >= 4 is 45.1 Å². The summed E-state index contributed by atoms with van der Waals surface area (Å²) in [6.45, 7) is 0. The van der Waals surface area contributed by atoms with Crippen LogP contribution in [0.5, 0.6) is 0 Å². The highest BCUT2D eigenvalue weighted by molar-refractivity contribution is 14.1. The van der Waals surface area contributed by atoms with Gasteiger partial charge in [0.05, 0.1) is 10.5 Å². The van der Waals surface area contributed by atoms with Crippen molar-refractivity contribution < 1.29 is 4.39 Å². The van der Waals surface area contributed by atoms with Gasteiger partial charge in [-0.2, -0.15) is 0 Å². The Kier molecular flexibility index (Phi) is 2.55. The second kappa shape index (κ2) is 3.81. The van der Waals surface area contributed by atoms with Gasteiger partial charge in [-0.25, -0.2) is 4.39 Å².